The molecular weight excluding hydrogens is 266 g/mol. The minimum atomic E-state index is -0.484. The summed E-state index contributed by atoms with van der Waals surface area (Å²) >= 11 is 0. The van der Waals surface area contributed by atoms with Crippen LogP contribution in [0.4, 0.5) is 5.69 Å². The molecule has 1 aromatic rings. The van der Waals surface area contributed by atoms with Crippen LogP contribution in [0, 0.1) is 10.1 Å². The van der Waals surface area contributed by atoms with Crippen LogP contribution in [0.15, 0.2) is 18.2 Å². The number of hydrogen-bond donors (Lipinski definition) is 0. The van der Waals surface area contributed by atoms with Gasteiger partial charge in [0.05, 0.1) is 31.9 Å². The third-order valence-corrected chi connectivity index (χ3v) is 2.87. The first-order valence-corrected chi connectivity index (χ1v) is 6.39. The van der Waals surface area contributed by atoms with Gasteiger partial charge < -0.3 is 18.9 Å². The molecule has 110 valence electrons. The average molecular weight is 283 g/mol. The van der Waals surface area contributed by atoms with E-state index in [4.69, 9.17) is 18.9 Å². The number of benzene rings is 1. The van der Waals surface area contributed by atoms with Crippen LogP contribution in [-0.2, 0) is 9.47 Å². The SMILES string of the molecule is COc1ccc([N+](=O)[O-])c(OCCC2OCCCO2)c1. The number of nitro benzene ring substituents is 1. The van der Waals surface area contributed by atoms with Crippen molar-refractivity contribution in [3.63, 3.8) is 0 Å². The monoisotopic (exact) mass is 283 g/mol. The Hall–Kier alpha value is -1.86. The van der Waals surface area contributed by atoms with Gasteiger partial charge in [0.2, 0.25) is 5.75 Å². The van der Waals surface area contributed by atoms with Gasteiger partial charge in [-0.25, -0.2) is 0 Å². The van der Waals surface area contributed by atoms with Crippen molar-refractivity contribution in [2.45, 2.75) is 19.1 Å². The van der Waals surface area contributed by atoms with Gasteiger partial charge in [-0.1, -0.05) is 0 Å². The first kappa shape index (κ1) is 14.5. The minimum Gasteiger partial charge on any atom is -0.497 e. The Bertz CT molecular complexity index is 458. The van der Waals surface area contributed by atoms with Gasteiger partial charge in [-0.15, -0.1) is 0 Å². The number of hydrogen-bond acceptors (Lipinski definition) is 6. The summed E-state index contributed by atoms with van der Waals surface area (Å²) < 4.78 is 21.3. The lowest BCUT2D eigenvalue weighted by Crippen LogP contribution is -2.26. The molecule has 0 amide bonds. The van der Waals surface area contributed by atoms with Crippen LogP contribution in [0.25, 0.3) is 0 Å². The molecule has 1 aliphatic rings. The van der Waals surface area contributed by atoms with E-state index < -0.39 is 4.92 Å². The fraction of sp³-hybridized carbons (Fsp3) is 0.538. The highest BCUT2D eigenvalue weighted by atomic mass is 16.7. The van der Waals surface area contributed by atoms with Gasteiger partial charge in [-0.05, 0) is 12.5 Å². The van der Waals surface area contributed by atoms with Crippen molar-refractivity contribution in [3.8, 4) is 11.5 Å². The molecule has 1 aromatic carbocycles. The maximum Gasteiger partial charge on any atom is 0.311 e. The molecule has 0 unspecified atom stereocenters. The predicted molar refractivity (Wildman–Crippen MR) is 70.1 cm³/mol. The van der Waals surface area contributed by atoms with Crippen LogP contribution in [0.5, 0.6) is 11.5 Å². The summed E-state index contributed by atoms with van der Waals surface area (Å²) in [5.41, 5.74) is -0.0868. The van der Waals surface area contributed by atoms with Crippen molar-refractivity contribution >= 4 is 5.69 Å². The number of ether oxygens (including phenoxy) is 4. The molecule has 7 nitrogen and oxygen atoms in total. The topological polar surface area (TPSA) is 80.1 Å². The lowest BCUT2D eigenvalue weighted by molar-refractivity contribution is -0.385. The zero-order valence-electron chi connectivity index (χ0n) is 11.2. The number of nitro groups is 1. The lowest BCUT2D eigenvalue weighted by Gasteiger charge is -2.23. The van der Waals surface area contributed by atoms with Crippen molar-refractivity contribution in [1.82, 2.24) is 0 Å². The van der Waals surface area contributed by atoms with Crippen molar-refractivity contribution in [2.24, 2.45) is 0 Å². The van der Waals surface area contributed by atoms with Crippen molar-refractivity contribution in [3.05, 3.63) is 28.3 Å². The third kappa shape index (κ3) is 3.82. The fourth-order valence-corrected chi connectivity index (χ4v) is 1.86. The zero-order chi connectivity index (χ0) is 14.4. The van der Waals surface area contributed by atoms with Crippen molar-refractivity contribution < 1.29 is 23.9 Å². The summed E-state index contributed by atoms with van der Waals surface area (Å²) in [7, 11) is 1.49. The first-order chi connectivity index (χ1) is 9.70. The highest BCUT2D eigenvalue weighted by Crippen LogP contribution is 2.31. The van der Waals surface area contributed by atoms with Gasteiger partial charge in [0, 0.05) is 18.6 Å². The number of rotatable bonds is 6. The Morgan fingerprint density at radius 2 is 2.15 bits per heavy atom. The molecule has 0 atom stereocenters. The predicted octanol–water partition coefficient (Wildman–Crippen LogP) is 2.14. The van der Waals surface area contributed by atoms with Gasteiger partial charge in [0.15, 0.2) is 6.29 Å². The highest BCUT2D eigenvalue weighted by molar-refractivity contribution is 5.50. The molecule has 1 heterocycles. The van der Waals surface area contributed by atoms with E-state index in [1.54, 1.807) is 0 Å². The smallest absolute Gasteiger partial charge is 0.311 e. The van der Waals surface area contributed by atoms with Gasteiger partial charge in [-0.3, -0.25) is 10.1 Å². The third-order valence-electron chi connectivity index (χ3n) is 2.87. The molecule has 0 aromatic heterocycles. The van der Waals surface area contributed by atoms with E-state index in [1.165, 1.54) is 25.3 Å². The van der Waals surface area contributed by atoms with Crippen LogP contribution in [0.2, 0.25) is 0 Å². The Balaban J connectivity index is 1.94. The van der Waals surface area contributed by atoms with E-state index in [0.29, 0.717) is 25.4 Å². The largest absolute Gasteiger partial charge is 0.497 e. The normalized spacial score (nSPS) is 15.8. The van der Waals surface area contributed by atoms with Crippen LogP contribution < -0.4 is 9.47 Å². The molecule has 20 heavy (non-hydrogen) atoms. The number of nitrogens with zero attached hydrogens (tertiary/aromatic N) is 1. The summed E-state index contributed by atoms with van der Waals surface area (Å²) in [6, 6.07) is 4.39. The summed E-state index contributed by atoms with van der Waals surface area (Å²) in [5, 5.41) is 10.9. The van der Waals surface area contributed by atoms with E-state index in [2.05, 4.69) is 0 Å². The van der Waals surface area contributed by atoms with Crippen molar-refractivity contribution in [2.75, 3.05) is 26.9 Å². The molecule has 0 N–H and O–H groups in total. The summed E-state index contributed by atoms with van der Waals surface area (Å²) in [4.78, 5) is 10.4. The van der Waals surface area contributed by atoms with E-state index in [-0.39, 0.29) is 24.3 Å². The fourth-order valence-electron chi connectivity index (χ4n) is 1.86. The zero-order valence-corrected chi connectivity index (χ0v) is 11.2. The molecular formula is C13H17NO6. The molecule has 0 spiro atoms. The maximum atomic E-state index is 10.9. The van der Waals surface area contributed by atoms with Gasteiger partial charge in [0.1, 0.15) is 5.75 Å². The molecule has 0 saturated carbocycles. The van der Waals surface area contributed by atoms with Crippen LogP contribution in [0.3, 0.4) is 0 Å². The van der Waals surface area contributed by atoms with Crippen LogP contribution in [-0.4, -0.2) is 38.1 Å². The van der Waals surface area contributed by atoms with Gasteiger partial charge in [-0.2, -0.15) is 0 Å². The average Bonchev–Trinajstić information content (AvgIpc) is 2.48. The Kier molecular flexibility index (Phi) is 5.14. The molecule has 0 aliphatic carbocycles. The van der Waals surface area contributed by atoms with Gasteiger partial charge in [0.25, 0.3) is 0 Å². The molecule has 0 bridgehead atoms. The van der Waals surface area contributed by atoms with Crippen LogP contribution >= 0.6 is 0 Å². The van der Waals surface area contributed by atoms with Crippen LogP contribution in [0.1, 0.15) is 12.8 Å². The second kappa shape index (κ2) is 7.06. The second-order valence-electron chi connectivity index (χ2n) is 4.25. The Morgan fingerprint density at radius 3 is 2.80 bits per heavy atom. The van der Waals surface area contributed by atoms with E-state index >= 15 is 0 Å². The quantitative estimate of drug-likeness (QED) is 0.587. The minimum absolute atomic E-state index is 0.0868. The molecule has 7 heteroatoms. The van der Waals surface area contributed by atoms with E-state index in [1.807, 2.05) is 0 Å². The summed E-state index contributed by atoms with van der Waals surface area (Å²) in [5.74, 6) is 0.695. The number of methoxy groups -OCH3 is 1. The summed E-state index contributed by atoms with van der Waals surface area (Å²) in [6.45, 7) is 1.62. The van der Waals surface area contributed by atoms with Crippen molar-refractivity contribution in [1.29, 1.82) is 0 Å². The molecule has 1 aliphatic heterocycles. The molecule has 0 radical (unpaired) electrons. The summed E-state index contributed by atoms with van der Waals surface area (Å²) in [6.07, 6.45) is 1.11. The molecule has 2 rings (SSSR count). The molecule has 1 saturated heterocycles. The van der Waals surface area contributed by atoms with E-state index in [0.717, 1.165) is 6.42 Å². The standard InChI is InChI=1S/C13H17NO6/c1-17-10-3-4-11(14(15)16)12(9-10)18-8-5-13-19-6-2-7-20-13/h3-4,9,13H,2,5-8H2,1H3. The van der Waals surface area contributed by atoms with E-state index in [9.17, 15) is 10.1 Å². The Labute approximate surface area is 116 Å². The second-order valence-corrected chi connectivity index (χ2v) is 4.25. The highest BCUT2D eigenvalue weighted by Gasteiger charge is 2.18. The lowest BCUT2D eigenvalue weighted by atomic mass is 10.3. The maximum absolute atomic E-state index is 10.9. The molecule has 1 fully saturated rings. The Morgan fingerprint density at radius 1 is 1.40 bits per heavy atom. The van der Waals surface area contributed by atoms with Gasteiger partial charge >= 0.3 is 5.69 Å². The first-order valence-electron chi connectivity index (χ1n) is 6.39.